The molecule has 0 N–H and O–H groups in total. The number of aromatic nitrogens is 2. The molecule has 1 saturated heterocycles. The Morgan fingerprint density at radius 2 is 1.79 bits per heavy atom. The van der Waals surface area contributed by atoms with Gasteiger partial charge in [-0.1, -0.05) is 42.7 Å². The van der Waals surface area contributed by atoms with E-state index in [4.69, 9.17) is 0 Å². The van der Waals surface area contributed by atoms with E-state index in [1.165, 1.54) is 10.5 Å². The molecule has 0 spiro atoms. The molecule has 4 rings (SSSR count). The Morgan fingerprint density at radius 1 is 1.08 bits per heavy atom. The summed E-state index contributed by atoms with van der Waals surface area (Å²) in [5.41, 5.74) is 2.35. The first kappa shape index (κ1) is 15.1. The minimum absolute atomic E-state index is 0.0643. The van der Waals surface area contributed by atoms with E-state index in [1.54, 1.807) is 10.7 Å². The minimum Gasteiger partial charge on any atom is -0.274 e. The highest BCUT2D eigenvalue weighted by Crippen LogP contribution is 2.39. The van der Waals surface area contributed by atoms with Crippen LogP contribution >= 0.6 is 0 Å². The first-order chi connectivity index (χ1) is 11.6. The molecule has 5 heteroatoms. The van der Waals surface area contributed by atoms with Crippen LogP contribution in [0.1, 0.15) is 36.8 Å². The number of rotatable bonds is 3. The molecular weight excluding hydrogens is 302 g/mol. The van der Waals surface area contributed by atoms with Crippen LogP contribution in [0, 0.1) is 18.8 Å². The van der Waals surface area contributed by atoms with Gasteiger partial charge in [0.1, 0.15) is 0 Å². The van der Waals surface area contributed by atoms with Gasteiger partial charge in [0.25, 0.3) is 0 Å². The van der Waals surface area contributed by atoms with Gasteiger partial charge in [0.2, 0.25) is 11.8 Å². The molecule has 2 atom stereocenters. The van der Waals surface area contributed by atoms with Crippen molar-refractivity contribution in [1.29, 1.82) is 0 Å². The Bertz CT molecular complexity index is 771. The zero-order valence-electron chi connectivity index (χ0n) is 13.8. The second-order valence-corrected chi connectivity index (χ2v) is 6.87. The highest BCUT2D eigenvalue weighted by Gasteiger charge is 2.49. The summed E-state index contributed by atoms with van der Waals surface area (Å²) in [6.45, 7) is 2.69. The van der Waals surface area contributed by atoms with Gasteiger partial charge in [0.15, 0.2) is 5.82 Å². The highest BCUT2D eigenvalue weighted by molar-refractivity contribution is 6.21. The molecule has 2 heterocycles. The third-order valence-electron chi connectivity index (χ3n) is 5.12. The second kappa shape index (κ2) is 5.89. The molecule has 1 saturated carbocycles. The van der Waals surface area contributed by atoms with Gasteiger partial charge in [-0.25, -0.2) is 4.90 Å². The number of carbonyl (C=O) groups is 2. The predicted octanol–water partition coefficient (Wildman–Crippen LogP) is 2.92. The predicted molar refractivity (Wildman–Crippen MR) is 90.4 cm³/mol. The van der Waals surface area contributed by atoms with Crippen LogP contribution in [0.3, 0.4) is 0 Å². The normalized spacial score (nSPS) is 23.6. The third-order valence-corrected chi connectivity index (χ3v) is 5.12. The lowest BCUT2D eigenvalue weighted by Gasteiger charge is -2.19. The minimum atomic E-state index is -0.131. The third kappa shape index (κ3) is 2.54. The summed E-state index contributed by atoms with van der Waals surface area (Å²) in [5.74, 6) is 0.0735. The molecule has 2 amide bonds. The number of imide groups is 1. The number of nitrogens with zero attached hydrogens (tertiary/aromatic N) is 3. The van der Waals surface area contributed by atoms with Gasteiger partial charge in [-0.3, -0.25) is 14.3 Å². The summed E-state index contributed by atoms with van der Waals surface area (Å²) >= 11 is 0. The van der Waals surface area contributed by atoms with Crippen molar-refractivity contribution in [3.05, 3.63) is 47.7 Å². The molecule has 0 bridgehead atoms. The van der Waals surface area contributed by atoms with Gasteiger partial charge in [-0.15, -0.1) is 0 Å². The Labute approximate surface area is 141 Å². The average Bonchev–Trinajstić information content (AvgIpc) is 3.11. The van der Waals surface area contributed by atoms with Gasteiger partial charge < -0.3 is 0 Å². The Balaban J connectivity index is 1.56. The topological polar surface area (TPSA) is 55.2 Å². The van der Waals surface area contributed by atoms with Crippen molar-refractivity contribution in [1.82, 2.24) is 9.78 Å². The smallest absolute Gasteiger partial charge is 0.238 e. The molecule has 0 radical (unpaired) electrons. The van der Waals surface area contributed by atoms with Crippen molar-refractivity contribution in [3.8, 4) is 0 Å². The second-order valence-electron chi connectivity index (χ2n) is 6.87. The molecule has 5 nitrogen and oxygen atoms in total. The first-order valence-electron chi connectivity index (χ1n) is 8.60. The Hall–Kier alpha value is -2.43. The van der Waals surface area contributed by atoms with E-state index in [0.717, 1.165) is 31.2 Å². The molecule has 2 aromatic rings. The van der Waals surface area contributed by atoms with Crippen molar-refractivity contribution in [3.63, 3.8) is 0 Å². The van der Waals surface area contributed by atoms with Crippen molar-refractivity contribution in [2.24, 2.45) is 11.8 Å². The molecule has 0 unspecified atom stereocenters. The van der Waals surface area contributed by atoms with Crippen LogP contribution in [0.5, 0.6) is 0 Å². The summed E-state index contributed by atoms with van der Waals surface area (Å²) in [4.78, 5) is 26.6. The van der Waals surface area contributed by atoms with Crippen molar-refractivity contribution >= 4 is 17.6 Å². The van der Waals surface area contributed by atoms with Crippen molar-refractivity contribution in [2.45, 2.75) is 39.2 Å². The van der Waals surface area contributed by atoms with Crippen LogP contribution in [0.25, 0.3) is 0 Å². The summed E-state index contributed by atoms with van der Waals surface area (Å²) in [6.07, 6.45) is 5.57. The highest BCUT2D eigenvalue weighted by atomic mass is 16.2. The molecule has 1 aliphatic carbocycles. The van der Waals surface area contributed by atoms with E-state index in [1.807, 2.05) is 12.3 Å². The number of fused-ring (bicyclic) bond motifs is 1. The maximum absolute atomic E-state index is 12.6. The summed E-state index contributed by atoms with van der Waals surface area (Å²) < 4.78 is 1.78. The van der Waals surface area contributed by atoms with E-state index in [2.05, 4.69) is 30.2 Å². The van der Waals surface area contributed by atoms with E-state index < -0.39 is 0 Å². The standard InChI is InChI=1S/C19H21N3O2/c1-13-5-4-6-14(11-13)12-21-10-9-17(20-21)22-18(23)15-7-2-3-8-16(15)19(22)24/h4-6,9-11,15-16H,2-3,7-8,12H2,1H3/t15-,16+. The Morgan fingerprint density at radius 3 is 2.46 bits per heavy atom. The number of hydrogen-bond donors (Lipinski definition) is 0. The zero-order valence-corrected chi connectivity index (χ0v) is 13.8. The largest absolute Gasteiger partial charge is 0.274 e. The number of amides is 2. The first-order valence-corrected chi connectivity index (χ1v) is 8.60. The van der Waals surface area contributed by atoms with E-state index in [0.29, 0.717) is 12.4 Å². The molecule has 24 heavy (non-hydrogen) atoms. The lowest BCUT2D eigenvalue weighted by molar-refractivity contribution is -0.122. The molecule has 124 valence electrons. The lowest BCUT2D eigenvalue weighted by atomic mass is 9.81. The number of hydrogen-bond acceptors (Lipinski definition) is 3. The quantitative estimate of drug-likeness (QED) is 0.816. The average molecular weight is 323 g/mol. The van der Waals surface area contributed by atoms with Gasteiger partial charge in [-0.2, -0.15) is 5.10 Å². The fraction of sp³-hybridized carbons (Fsp3) is 0.421. The van der Waals surface area contributed by atoms with Crippen molar-refractivity contribution < 1.29 is 9.59 Å². The molecule has 1 aromatic heterocycles. The van der Waals surface area contributed by atoms with Crippen LogP contribution in [0.2, 0.25) is 0 Å². The summed E-state index contributed by atoms with van der Waals surface area (Å²) in [5, 5.41) is 4.48. The van der Waals surface area contributed by atoms with E-state index in [9.17, 15) is 9.59 Å². The van der Waals surface area contributed by atoms with Gasteiger partial charge in [0.05, 0.1) is 18.4 Å². The number of aryl methyl sites for hydroxylation is 1. The van der Waals surface area contributed by atoms with Gasteiger partial charge in [-0.05, 0) is 25.3 Å². The summed E-state index contributed by atoms with van der Waals surface area (Å²) in [7, 11) is 0. The van der Waals surface area contributed by atoms with E-state index >= 15 is 0 Å². The van der Waals surface area contributed by atoms with Crippen LogP contribution in [0.15, 0.2) is 36.5 Å². The Kier molecular flexibility index (Phi) is 3.71. The van der Waals surface area contributed by atoms with Crippen LogP contribution in [0.4, 0.5) is 5.82 Å². The van der Waals surface area contributed by atoms with E-state index in [-0.39, 0.29) is 23.7 Å². The summed E-state index contributed by atoms with van der Waals surface area (Å²) in [6, 6.07) is 10.0. The van der Waals surface area contributed by atoms with Crippen molar-refractivity contribution in [2.75, 3.05) is 4.90 Å². The zero-order chi connectivity index (χ0) is 16.7. The lowest BCUT2D eigenvalue weighted by Crippen LogP contribution is -2.31. The molecule has 1 aromatic carbocycles. The number of benzene rings is 1. The van der Waals surface area contributed by atoms with Crippen LogP contribution < -0.4 is 4.90 Å². The fourth-order valence-electron chi connectivity index (χ4n) is 3.94. The van der Waals surface area contributed by atoms with Gasteiger partial charge in [0, 0.05) is 12.3 Å². The number of carbonyl (C=O) groups excluding carboxylic acids is 2. The fourth-order valence-corrected chi connectivity index (χ4v) is 3.94. The molecule has 2 fully saturated rings. The molecule has 2 aliphatic rings. The van der Waals surface area contributed by atoms with Crippen LogP contribution in [-0.2, 0) is 16.1 Å². The molecule has 1 aliphatic heterocycles. The SMILES string of the molecule is Cc1cccc(Cn2ccc(N3C(=O)[C@H]4CCCC[C@H]4C3=O)n2)c1. The monoisotopic (exact) mass is 323 g/mol. The maximum Gasteiger partial charge on any atom is 0.238 e. The maximum atomic E-state index is 12.6. The number of anilines is 1. The molecular formula is C19H21N3O2. The van der Waals surface area contributed by atoms with Crippen LogP contribution in [-0.4, -0.2) is 21.6 Å². The van der Waals surface area contributed by atoms with Gasteiger partial charge >= 0.3 is 0 Å².